The minimum atomic E-state index is -1.64. The normalized spacial score (nSPS) is 25.2. The van der Waals surface area contributed by atoms with Crippen LogP contribution in [0.15, 0.2) is 48.5 Å². The van der Waals surface area contributed by atoms with Crippen LogP contribution in [0, 0.1) is 0 Å². The second kappa shape index (κ2) is 15.0. The van der Waals surface area contributed by atoms with Crippen LogP contribution in [-0.4, -0.2) is 73.1 Å². The van der Waals surface area contributed by atoms with Gasteiger partial charge in [-0.1, -0.05) is 36.4 Å². The maximum atomic E-state index is 13.4. The van der Waals surface area contributed by atoms with Crippen LogP contribution in [0.4, 0.5) is 0 Å². The van der Waals surface area contributed by atoms with Crippen molar-refractivity contribution >= 4 is 35.8 Å². The summed E-state index contributed by atoms with van der Waals surface area (Å²) in [7, 11) is 0. The van der Waals surface area contributed by atoms with E-state index in [1.54, 1.807) is 12.1 Å². The molecule has 1 fully saturated rings. The summed E-state index contributed by atoms with van der Waals surface area (Å²) in [5, 5.41) is 3.01. The number of carbonyl (C=O) groups is 6. The fourth-order valence-electron chi connectivity index (χ4n) is 5.84. The Kier molecular flexibility index (Phi) is 11.1. The van der Waals surface area contributed by atoms with E-state index in [0.717, 1.165) is 57.2 Å². The Bertz CT molecular complexity index is 1470. The summed E-state index contributed by atoms with van der Waals surface area (Å²) in [6.45, 7) is 5.50. The molecule has 0 saturated carbocycles. The van der Waals surface area contributed by atoms with Crippen molar-refractivity contribution < 1.29 is 57.2 Å². The molecule has 0 bridgehead atoms. The van der Waals surface area contributed by atoms with E-state index >= 15 is 0 Å². The number of ether oxygens (including phenoxy) is 6. The number of amides is 1. The average Bonchev–Trinajstić information content (AvgIpc) is 2.98. The molecule has 1 aliphatic heterocycles. The zero-order chi connectivity index (χ0) is 33.5. The van der Waals surface area contributed by atoms with Gasteiger partial charge in [-0.2, -0.15) is 0 Å². The molecule has 246 valence electrons. The van der Waals surface area contributed by atoms with Crippen LogP contribution in [0.1, 0.15) is 86.5 Å². The van der Waals surface area contributed by atoms with Crippen LogP contribution < -0.4 is 5.32 Å². The first kappa shape index (κ1) is 34.1. The lowest BCUT2D eigenvalue weighted by Crippen LogP contribution is -2.63. The van der Waals surface area contributed by atoms with Gasteiger partial charge in [-0.15, -0.1) is 0 Å². The van der Waals surface area contributed by atoms with Gasteiger partial charge in [-0.25, -0.2) is 4.79 Å². The molecule has 1 N–H and O–H groups in total. The number of fused-ring (bicyclic) bond motifs is 1. The summed E-state index contributed by atoms with van der Waals surface area (Å²) < 4.78 is 32.6. The Labute approximate surface area is 265 Å². The molecule has 13 heteroatoms. The van der Waals surface area contributed by atoms with Gasteiger partial charge in [0.15, 0.2) is 12.2 Å². The van der Waals surface area contributed by atoms with Gasteiger partial charge >= 0.3 is 29.8 Å². The molecule has 0 aromatic heterocycles. The maximum Gasteiger partial charge on any atom is 0.340 e. The first-order valence-electron chi connectivity index (χ1n) is 14.8. The van der Waals surface area contributed by atoms with Crippen molar-refractivity contribution in [2.24, 2.45) is 0 Å². The van der Waals surface area contributed by atoms with Gasteiger partial charge in [0, 0.05) is 40.5 Å². The summed E-state index contributed by atoms with van der Waals surface area (Å²) in [6, 6.07) is 14.6. The lowest BCUT2D eigenvalue weighted by Gasteiger charge is -2.43. The second-order valence-corrected chi connectivity index (χ2v) is 11.1. The fraction of sp³-hybridized carbons (Fsp3) is 0.455. The number of hydrogen-bond donors (Lipinski definition) is 1. The summed E-state index contributed by atoms with van der Waals surface area (Å²) in [6.07, 6.45) is -5.74. The average molecular weight is 640 g/mol. The predicted molar refractivity (Wildman–Crippen MR) is 158 cm³/mol. The van der Waals surface area contributed by atoms with E-state index < -0.39 is 67.2 Å². The van der Waals surface area contributed by atoms with E-state index in [1.807, 2.05) is 36.4 Å². The van der Waals surface area contributed by atoms with Gasteiger partial charge in [-0.3, -0.25) is 24.0 Å². The number of carbonyl (C=O) groups excluding carboxylic acids is 6. The molecule has 4 rings (SSSR count). The zero-order valence-corrected chi connectivity index (χ0v) is 26.2. The first-order chi connectivity index (χ1) is 21.8. The monoisotopic (exact) mass is 639 g/mol. The Morgan fingerprint density at radius 2 is 1.28 bits per heavy atom. The largest absolute Gasteiger partial charge is 0.463 e. The van der Waals surface area contributed by atoms with Gasteiger partial charge in [0.2, 0.25) is 18.3 Å². The predicted octanol–water partition coefficient (Wildman–Crippen LogP) is 3.03. The van der Waals surface area contributed by atoms with E-state index in [0.29, 0.717) is 0 Å². The van der Waals surface area contributed by atoms with Crippen LogP contribution in [0.2, 0.25) is 0 Å². The number of benzene rings is 2. The Hall–Kier alpha value is -4.78. The smallest absolute Gasteiger partial charge is 0.340 e. The molecule has 1 saturated heterocycles. The topological polar surface area (TPSA) is 170 Å². The summed E-state index contributed by atoms with van der Waals surface area (Å²) in [5.74, 6) is -3.98. The molecule has 7 atom stereocenters. The van der Waals surface area contributed by atoms with Crippen molar-refractivity contribution in [2.75, 3.05) is 6.61 Å². The molecule has 1 heterocycles. The minimum Gasteiger partial charge on any atom is -0.463 e. The molecule has 46 heavy (non-hydrogen) atoms. The third-order valence-electron chi connectivity index (χ3n) is 7.59. The Morgan fingerprint density at radius 1 is 0.696 bits per heavy atom. The van der Waals surface area contributed by atoms with Gasteiger partial charge in [0.1, 0.15) is 12.7 Å². The molecule has 2 aliphatic rings. The van der Waals surface area contributed by atoms with Crippen LogP contribution in [0.3, 0.4) is 0 Å². The third kappa shape index (κ3) is 8.47. The number of nitrogens with one attached hydrogen (secondary N) is 1. The molecule has 2 aromatic carbocycles. The summed E-state index contributed by atoms with van der Waals surface area (Å²) in [5.41, 5.74) is 3.23. The molecule has 0 spiro atoms. The molecule has 0 radical (unpaired) electrons. The maximum absolute atomic E-state index is 13.4. The van der Waals surface area contributed by atoms with Crippen molar-refractivity contribution in [3.8, 4) is 0 Å². The molecule has 1 aliphatic carbocycles. The van der Waals surface area contributed by atoms with E-state index in [9.17, 15) is 28.8 Å². The number of esters is 5. The van der Waals surface area contributed by atoms with Gasteiger partial charge in [-0.05, 0) is 41.7 Å². The van der Waals surface area contributed by atoms with Crippen molar-refractivity contribution in [3.05, 3.63) is 70.8 Å². The zero-order valence-electron chi connectivity index (χ0n) is 26.2. The van der Waals surface area contributed by atoms with Crippen molar-refractivity contribution in [3.63, 3.8) is 0 Å². The quantitative estimate of drug-likeness (QED) is 0.315. The number of rotatable bonds is 9. The SMILES string of the molecule is CC(=O)N[C@H]1CC[C@@H](c2ccc(C(=O)O[C@@H]3O[C@H](COC(C)=O)[C@@H](OC(C)=O)[C@H](OC(C)=O)[C@H]3OC(C)=O)cc2)c2ccccc21. The number of hydrogen-bond acceptors (Lipinski definition) is 12. The van der Waals surface area contributed by atoms with E-state index in [2.05, 4.69) is 5.32 Å². The second-order valence-electron chi connectivity index (χ2n) is 11.1. The van der Waals surface area contributed by atoms with Gasteiger partial charge in [0.05, 0.1) is 11.6 Å². The molecule has 0 unspecified atom stereocenters. The van der Waals surface area contributed by atoms with E-state index in [4.69, 9.17) is 28.4 Å². The van der Waals surface area contributed by atoms with Crippen LogP contribution in [0.5, 0.6) is 0 Å². The lowest BCUT2D eigenvalue weighted by atomic mass is 9.76. The lowest BCUT2D eigenvalue weighted by molar-refractivity contribution is -0.294. The van der Waals surface area contributed by atoms with Crippen LogP contribution in [0.25, 0.3) is 0 Å². The summed E-state index contributed by atoms with van der Waals surface area (Å²) >= 11 is 0. The Morgan fingerprint density at radius 3 is 1.87 bits per heavy atom. The molecular weight excluding hydrogens is 602 g/mol. The molecule has 2 aromatic rings. The van der Waals surface area contributed by atoms with Gasteiger partial charge < -0.3 is 33.7 Å². The molecular formula is C33H37NO12. The van der Waals surface area contributed by atoms with Crippen molar-refractivity contribution in [2.45, 2.75) is 90.1 Å². The molecule has 13 nitrogen and oxygen atoms in total. The summed E-state index contributed by atoms with van der Waals surface area (Å²) in [4.78, 5) is 72.7. The Balaban J connectivity index is 1.58. The third-order valence-corrected chi connectivity index (χ3v) is 7.59. The van der Waals surface area contributed by atoms with E-state index in [1.165, 1.54) is 6.92 Å². The standard InChI is InChI=1S/C33H37NO12/c1-17(35)34-27-15-14-24(25-8-6-7-9-26(25)27)22-10-12-23(13-11-22)32(40)46-33-31(44-21(5)39)30(43-20(4)38)29(42-19(3)37)28(45-33)16-41-18(2)36/h6-13,24,27-31,33H,14-16H2,1-5H3,(H,34,35)/t24-,27-,28+,29+,30-,31+,33-/m0/s1. The minimum absolute atomic E-state index is 0.0334. The highest BCUT2D eigenvalue weighted by Crippen LogP contribution is 2.41. The highest BCUT2D eigenvalue weighted by atomic mass is 16.7. The van der Waals surface area contributed by atoms with Crippen molar-refractivity contribution in [1.29, 1.82) is 0 Å². The highest BCUT2D eigenvalue weighted by Gasteiger charge is 2.53. The van der Waals surface area contributed by atoms with Crippen molar-refractivity contribution in [1.82, 2.24) is 5.32 Å². The van der Waals surface area contributed by atoms with Gasteiger partial charge in [0.25, 0.3) is 0 Å². The van der Waals surface area contributed by atoms with E-state index in [-0.39, 0.29) is 23.4 Å². The fourth-order valence-corrected chi connectivity index (χ4v) is 5.84. The van der Waals surface area contributed by atoms with Crippen LogP contribution in [-0.2, 0) is 52.4 Å². The van der Waals surface area contributed by atoms with Crippen LogP contribution >= 0.6 is 0 Å². The first-order valence-corrected chi connectivity index (χ1v) is 14.8. The molecule has 1 amide bonds. The highest BCUT2D eigenvalue weighted by molar-refractivity contribution is 5.89.